The van der Waals surface area contributed by atoms with Crippen LogP contribution in [-0.4, -0.2) is 39.7 Å². The molecule has 0 radical (unpaired) electrons. The van der Waals surface area contributed by atoms with Crippen LogP contribution in [0.1, 0.15) is 30.6 Å². The van der Waals surface area contributed by atoms with Gasteiger partial charge in [-0.05, 0) is 50.6 Å². The number of carbonyl (C=O) groups is 1. The molecule has 2 aromatic heterocycles. The van der Waals surface area contributed by atoms with E-state index in [9.17, 15) is 13.2 Å². The van der Waals surface area contributed by atoms with Gasteiger partial charge in [-0.3, -0.25) is 9.52 Å². The highest BCUT2D eigenvalue weighted by Crippen LogP contribution is 2.15. The SMILES string of the molecule is CCCS(=O)(=O)Nc1ccc(NC(=O)Cc2nc3nc(C)cc(C)n3n2)cc1. The van der Waals surface area contributed by atoms with Gasteiger partial charge in [-0.25, -0.2) is 17.9 Å². The molecule has 3 rings (SSSR count). The van der Waals surface area contributed by atoms with E-state index in [0.717, 1.165) is 11.4 Å². The van der Waals surface area contributed by atoms with Gasteiger partial charge in [0, 0.05) is 22.8 Å². The molecule has 9 nitrogen and oxygen atoms in total. The highest BCUT2D eigenvalue weighted by Gasteiger charge is 2.13. The molecule has 2 N–H and O–H groups in total. The van der Waals surface area contributed by atoms with Crippen molar-refractivity contribution in [2.75, 3.05) is 15.8 Å². The minimum atomic E-state index is -3.34. The number of nitrogens with zero attached hydrogens (tertiary/aromatic N) is 4. The van der Waals surface area contributed by atoms with Crippen LogP contribution < -0.4 is 10.0 Å². The Kier molecular flexibility index (Phi) is 5.59. The van der Waals surface area contributed by atoms with Gasteiger partial charge in [0.2, 0.25) is 15.9 Å². The molecule has 0 aliphatic heterocycles. The molecule has 3 aromatic rings. The Labute approximate surface area is 163 Å². The van der Waals surface area contributed by atoms with E-state index in [1.54, 1.807) is 35.7 Å². The number of sulfonamides is 1. The molecule has 1 amide bonds. The predicted octanol–water partition coefficient (Wildman–Crippen LogP) is 2.07. The number of hydrogen-bond acceptors (Lipinski definition) is 6. The van der Waals surface area contributed by atoms with Gasteiger partial charge in [-0.1, -0.05) is 6.92 Å². The van der Waals surface area contributed by atoms with Crippen LogP contribution in [0.2, 0.25) is 0 Å². The van der Waals surface area contributed by atoms with Crippen molar-refractivity contribution in [3.8, 4) is 0 Å². The van der Waals surface area contributed by atoms with E-state index in [0.29, 0.717) is 29.4 Å². The maximum atomic E-state index is 12.3. The van der Waals surface area contributed by atoms with Crippen molar-refractivity contribution in [2.24, 2.45) is 0 Å². The lowest BCUT2D eigenvalue weighted by Crippen LogP contribution is -2.17. The number of benzene rings is 1. The molecule has 0 aliphatic carbocycles. The lowest BCUT2D eigenvalue weighted by Gasteiger charge is -2.08. The van der Waals surface area contributed by atoms with E-state index in [-0.39, 0.29) is 18.1 Å². The molecule has 0 aliphatic rings. The standard InChI is InChI=1S/C18H22N6O3S/c1-4-9-28(26,27)23-15-7-5-14(6-8-15)20-17(25)11-16-21-18-19-12(2)10-13(3)24(18)22-16/h5-8,10,23H,4,9,11H2,1-3H3,(H,20,25). The molecular formula is C18H22N6O3S. The first-order valence-corrected chi connectivity index (χ1v) is 10.5. The van der Waals surface area contributed by atoms with E-state index < -0.39 is 10.0 Å². The topological polar surface area (TPSA) is 118 Å². The van der Waals surface area contributed by atoms with Crippen molar-refractivity contribution >= 4 is 33.1 Å². The van der Waals surface area contributed by atoms with Crippen molar-refractivity contribution in [2.45, 2.75) is 33.6 Å². The number of rotatable bonds is 7. The number of aryl methyl sites for hydroxylation is 2. The van der Waals surface area contributed by atoms with Crippen LogP contribution in [0.3, 0.4) is 0 Å². The lowest BCUT2D eigenvalue weighted by molar-refractivity contribution is -0.115. The largest absolute Gasteiger partial charge is 0.326 e. The molecule has 1 aromatic carbocycles. The smallest absolute Gasteiger partial charge is 0.252 e. The van der Waals surface area contributed by atoms with E-state index >= 15 is 0 Å². The van der Waals surface area contributed by atoms with Crippen LogP contribution in [0, 0.1) is 13.8 Å². The Morgan fingerprint density at radius 1 is 1.11 bits per heavy atom. The third-order valence-corrected chi connectivity index (χ3v) is 5.39. The molecule has 0 spiro atoms. The zero-order valence-electron chi connectivity index (χ0n) is 15.9. The van der Waals surface area contributed by atoms with Gasteiger partial charge in [-0.2, -0.15) is 4.98 Å². The molecule has 0 fully saturated rings. The second-order valence-corrected chi connectivity index (χ2v) is 8.34. The van der Waals surface area contributed by atoms with Crippen LogP contribution in [-0.2, 0) is 21.2 Å². The molecule has 10 heteroatoms. The monoisotopic (exact) mass is 402 g/mol. The van der Waals surface area contributed by atoms with Crippen molar-refractivity contribution < 1.29 is 13.2 Å². The van der Waals surface area contributed by atoms with Crippen molar-refractivity contribution in [3.63, 3.8) is 0 Å². The number of carbonyl (C=O) groups excluding carboxylic acids is 1. The number of nitrogens with one attached hydrogen (secondary N) is 2. The Bertz CT molecular complexity index is 1110. The zero-order valence-corrected chi connectivity index (χ0v) is 16.7. The summed E-state index contributed by atoms with van der Waals surface area (Å²) in [6, 6.07) is 8.35. The second kappa shape index (κ2) is 7.93. The molecule has 0 saturated carbocycles. The summed E-state index contributed by atoms with van der Waals surface area (Å²) in [4.78, 5) is 20.9. The van der Waals surface area contributed by atoms with Crippen LogP contribution in [0.4, 0.5) is 11.4 Å². The van der Waals surface area contributed by atoms with Gasteiger partial charge >= 0.3 is 0 Å². The number of amides is 1. The summed E-state index contributed by atoms with van der Waals surface area (Å²) in [5.74, 6) is 0.627. The first-order chi connectivity index (χ1) is 13.3. The molecule has 0 unspecified atom stereocenters. The minimum absolute atomic E-state index is 0.00667. The molecule has 0 saturated heterocycles. The normalized spacial score (nSPS) is 11.5. The average molecular weight is 402 g/mol. The van der Waals surface area contributed by atoms with Gasteiger partial charge in [0.1, 0.15) is 0 Å². The fourth-order valence-corrected chi connectivity index (χ4v) is 3.89. The summed E-state index contributed by atoms with van der Waals surface area (Å²) in [7, 11) is -3.34. The van der Waals surface area contributed by atoms with Crippen LogP contribution in [0.25, 0.3) is 5.78 Å². The highest BCUT2D eigenvalue weighted by molar-refractivity contribution is 7.92. The second-order valence-electron chi connectivity index (χ2n) is 6.50. The van der Waals surface area contributed by atoms with E-state index in [2.05, 4.69) is 25.1 Å². The average Bonchev–Trinajstić information content (AvgIpc) is 2.98. The number of fused-ring (bicyclic) bond motifs is 1. The van der Waals surface area contributed by atoms with Crippen molar-refractivity contribution in [1.82, 2.24) is 19.6 Å². The first kappa shape index (κ1) is 19.7. The summed E-state index contributed by atoms with van der Waals surface area (Å²) in [6.07, 6.45) is 0.544. The first-order valence-electron chi connectivity index (χ1n) is 8.86. The van der Waals surface area contributed by atoms with Crippen LogP contribution >= 0.6 is 0 Å². The van der Waals surface area contributed by atoms with Crippen LogP contribution in [0.5, 0.6) is 0 Å². The summed E-state index contributed by atoms with van der Waals surface area (Å²) >= 11 is 0. The molecule has 0 atom stereocenters. The quantitative estimate of drug-likeness (QED) is 0.625. The number of anilines is 2. The molecule has 2 heterocycles. The fourth-order valence-electron chi connectivity index (χ4n) is 2.75. The molecule has 28 heavy (non-hydrogen) atoms. The summed E-state index contributed by atoms with van der Waals surface area (Å²) < 4.78 is 27.7. The Hall–Kier alpha value is -3.01. The van der Waals surface area contributed by atoms with E-state index in [1.165, 1.54) is 0 Å². The summed E-state index contributed by atoms with van der Waals surface area (Å²) in [5, 5.41) is 7.06. The van der Waals surface area contributed by atoms with Gasteiger partial charge in [0.05, 0.1) is 12.2 Å². The lowest BCUT2D eigenvalue weighted by atomic mass is 10.2. The number of hydrogen-bond donors (Lipinski definition) is 2. The van der Waals surface area contributed by atoms with E-state index in [4.69, 9.17) is 0 Å². The minimum Gasteiger partial charge on any atom is -0.326 e. The Morgan fingerprint density at radius 3 is 2.46 bits per heavy atom. The fraction of sp³-hybridized carbons (Fsp3) is 0.333. The zero-order chi connectivity index (χ0) is 20.3. The molecular weight excluding hydrogens is 380 g/mol. The van der Waals surface area contributed by atoms with Crippen molar-refractivity contribution in [1.29, 1.82) is 0 Å². The maximum Gasteiger partial charge on any atom is 0.252 e. The third-order valence-electron chi connectivity index (χ3n) is 3.90. The Morgan fingerprint density at radius 2 is 1.79 bits per heavy atom. The predicted molar refractivity (Wildman–Crippen MR) is 107 cm³/mol. The van der Waals surface area contributed by atoms with Gasteiger partial charge in [0.15, 0.2) is 5.82 Å². The van der Waals surface area contributed by atoms with Crippen molar-refractivity contribution in [3.05, 3.63) is 47.5 Å². The summed E-state index contributed by atoms with van der Waals surface area (Å²) in [5.41, 5.74) is 2.73. The third kappa shape index (κ3) is 4.83. The van der Waals surface area contributed by atoms with E-state index in [1.807, 2.05) is 19.9 Å². The van der Waals surface area contributed by atoms with Gasteiger partial charge in [0.25, 0.3) is 5.78 Å². The maximum absolute atomic E-state index is 12.3. The van der Waals surface area contributed by atoms with Crippen LogP contribution in [0.15, 0.2) is 30.3 Å². The molecule has 148 valence electrons. The molecule has 0 bridgehead atoms. The number of aromatic nitrogens is 4. The van der Waals surface area contributed by atoms with Gasteiger partial charge in [-0.15, -0.1) is 5.10 Å². The van der Waals surface area contributed by atoms with Gasteiger partial charge < -0.3 is 5.32 Å². The Balaban J connectivity index is 1.64. The summed E-state index contributed by atoms with van der Waals surface area (Å²) in [6.45, 7) is 5.57. The highest BCUT2D eigenvalue weighted by atomic mass is 32.2.